The van der Waals surface area contributed by atoms with Crippen molar-refractivity contribution in [3.8, 4) is 17.2 Å². The van der Waals surface area contributed by atoms with Crippen molar-refractivity contribution in [3.63, 3.8) is 0 Å². The number of hydrogen-bond donors (Lipinski definition) is 0. The largest absolute Gasteiger partial charge is 0.493 e. The fourth-order valence-electron chi connectivity index (χ4n) is 5.03. The van der Waals surface area contributed by atoms with Gasteiger partial charge < -0.3 is 23.8 Å². The zero-order valence-corrected chi connectivity index (χ0v) is 25.1. The van der Waals surface area contributed by atoms with Gasteiger partial charge in [0.2, 0.25) is 5.75 Å². The number of hydrogen-bond acceptors (Lipinski definition) is 9. The number of rotatable bonds is 6. The van der Waals surface area contributed by atoms with Crippen LogP contribution in [-0.4, -0.2) is 51.4 Å². The maximum absolute atomic E-state index is 14.2. The van der Waals surface area contributed by atoms with Gasteiger partial charge in [0.25, 0.3) is 11.5 Å². The predicted octanol–water partition coefficient (Wildman–Crippen LogP) is 2.93. The Hall–Kier alpha value is -3.90. The molecule has 0 saturated heterocycles. The normalized spacial score (nSPS) is 17.3. The topological polar surface area (TPSA) is 109 Å². The quantitative estimate of drug-likeness (QED) is 0.387. The van der Waals surface area contributed by atoms with E-state index in [0.29, 0.717) is 44.6 Å². The van der Waals surface area contributed by atoms with Crippen molar-refractivity contribution < 1.29 is 28.5 Å². The van der Waals surface area contributed by atoms with Crippen LogP contribution in [0.15, 0.2) is 55.9 Å². The summed E-state index contributed by atoms with van der Waals surface area (Å²) in [4.78, 5) is 47.4. The first-order valence-corrected chi connectivity index (χ1v) is 13.9. The van der Waals surface area contributed by atoms with Crippen LogP contribution in [0.2, 0.25) is 0 Å². The Morgan fingerprint density at radius 3 is 2.35 bits per heavy atom. The second kappa shape index (κ2) is 10.6. The summed E-state index contributed by atoms with van der Waals surface area (Å²) in [6.45, 7) is 3.54. The number of benzene rings is 2. The van der Waals surface area contributed by atoms with Crippen LogP contribution in [0.25, 0.3) is 5.57 Å². The first-order valence-electron chi connectivity index (χ1n) is 12.3. The van der Waals surface area contributed by atoms with Crippen molar-refractivity contribution >= 4 is 50.4 Å². The molecule has 0 unspecified atom stereocenters. The molecule has 0 N–H and O–H groups in total. The van der Waals surface area contributed by atoms with Crippen molar-refractivity contribution in [2.45, 2.75) is 19.9 Å². The highest BCUT2D eigenvalue weighted by molar-refractivity contribution is 9.10. The zero-order valence-electron chi connectivity index (χ0n) is 22.7. The number of anilines is 1. The maximum Gasteiger partial charge on any atom is 0.338 e. The van der Waals surface area contributed by atoms with Crippen molar-refractivity contribution in [2.75, 3.05) is 39.9 Å². The standard InChI is InChI=1S/C28H26BrN3O7S/c1-7-39-27(35)20-13(2)30-28-32(22(20)14-10-18(36-4)23(38-6)19(11-14)37-5)26(34)24(40-28)21-16-12-15(29)8-9-17(16)31(3)25(21)33/h8-12,22H,7H2,1-6H3/b24-21-/t22-/m1/s1. The van der Waals surface area contributed by atoms with Gasteiger partial charge in [-0.2, -0.15) is 0 Å². The highest BCUT2D eigenvalue weighted by Gasteiger charge is 2.37. The first-order chi connectivity index (χ1) is 19.2. The molecule has 0 saturated carbocycles. The van der Waals surface area contributed by atoms with Crippen LogP contribution in [0.1, 0.15) is 31.0 Å². The highest BCUT2D eigenvalue weighted by Crippen LogP contribution is 2.42. The van der Waals surface area contributed by atoms with Gasteiger partial charge in [0.05, 0.1) is 56.5 Å². The van der Waals surface area contributed by atoms with E-state index in [1.165, 1.54) is 30.8 Å². The van der Waals surface area contributed by atoms with E-state index in [9.17, 15) is 14.4 Å². The summed E-state index contributed by atoms with van der Waals surface area (Å²) >= 11 is 4.57. The molecule has 3 heterocycles. The van der Waals surface area contributed by atoms with Gasteiger partial charge in [-0.25, -0.2) is 9.79 Å². The number of likely N-dealkylation sites (N-methyl/N-ethyl adjacent to an activating group) is 1. The molecule has 2 aliphatic rings. The Bertz CT molecular complexity index is 1760. The van der Waals surface area contributed by atoms with Gasteiger partial charge in [0, 0.05) is 17.1 Å². The summed E-state index contributed by atoms with van der Waals surface area (Å²) in [6.07, 6.45) is 0. The number of thiazole rings is 1. The second-order valence-corrected chi connectivity index (χ2v) is 10.9. The van der Waals surface area contributed by atoms with Crippen LogP contribution in [0.4, 0.5) is 5.69 Å². The van der Waals surface area contributed by atoms with Crippen LogP contribution < -0.4 is 34.0 Å². The molecule has 1 amide bonds. The van der Waals surface area contributed by atoms with E-state index in [2.05, 4.69) is 20.9 Å². The van der Waals surface area contributed by atoms with Crippen molar-refractivity contribution in [2.24, 2.45) is 4.99 Å². The van der Waals surface area contributed by atoms with Crippen LogP contribution in [0.5, 0.6) is 17.2 Å². The summed E-state index contributed by atoms with van der Waals surface area (Å²) in [5.41, 5.74) is 2.26. The number of esters is 1. The first kappa shape index (κ1) is 27.7. The number of carbonyl (C=O) groups is 2. The van der Waals surface area contributed by atoms with Crippen LogP contribution in [-0.2, 0) is 14.3 Å². The van der Waals surface area contributed by atoms with Crippen LogP contribution in [0, 0.1) is 0 Å². The average Bonchev–Trinajstić information content (AvgIpc) is 3.38. The smallest absolute Gasteiger partial charge is 0.338 e. The lowest BCUT2D eigenvalue weighted by atomic mass is 9.95. The fourth-order valence-corrected chi connectivity index (χ4v) is 6.53. The molecule has 10 nitrogen and oxygen atoms in total. The molecule has 0 radical (unpaired) electrons. The van der Waals surface area contributed by atoms with E-state index in [-0.39, 0.29) is 28.2 Å². The second-order valence-electron chi connectivity index (χ2n) is 8.98. The van der Waals surface area contributed by atoms with Crippen molar-refractivity contribution in [1.82, 2.24) is 4.57 Å². The minimum Gasteiger partial charge on any atom is -0.493 e. The third kappa shape index (κ3) is 4.22. The molecule has 3 aromatic rings. The van der Waals surface area contributed by atoms with Gasteiger partial charge in [0.1, 0.15) is 4.53 Å². The zero-order chi connectivity index (χ0) is 28.9. The molecule has 40 heavy (non-hydrogen) atoms. The van der Waals surface area contributed by atoms with E-state index in [1.54, 1.807) is 33.0 Å². The predicted molar refractivity (Wildman–Crippen MR) is 153 cm³/mol. The molecule has 2 aliphatic heterocycles. The van der Waals surface area contributed by atoms with E-state index >= 15 is 0 Å². The maximum atomic E-state index is 14.2. The van der Waals surface area contributed by atoms with Gasteiger partial charge in [-0.05, 0) is 49.7 Å². The number of methoxy groups -OCH3 is 3. The Morgan fingerprint density at radius 2 is 1.75 bits per heavy atom. The molecule has 0 bridgehead atoms. The number of ether oxygens (including phenoxy) is 4. The lowest BCUT2D eigenvalue weighted by Gasteiger charge is -2.26. The summed E-state index contributed by atoms with van der Waals surface area (Å²) in [5.74, 6) is 0.163. The minimum absolute atomic E-state index is 0.138. The van der Waals surface area contributed by atoms with Gasteiger partial charge in [0.15, 0.2) is 16.3 Å². The lowest BCUT2D eigenvalue weighted by Crippen LogP contribution is -2.40. The van der Waals surface area contributed by atoms with Gasteiger partial charge >= 0.3 is 5.97 Å². The number of nitrogens with zero attached hydrogens (tertiary/aromatic N) is 3. The van der Waals surface area contributed by atoms with E-state index in [0.717, 1.165) is 15.8 Å². The monoisotopic (exact) mass is 627 g/mol. The van der Waals surface area contributed by atoms with Gasteiger partial charge in [-0.1, -0.05) is 27.3 Å². The molecule has 12 heteroatoms. The number of aromatic nitrogens is 1. The molecular formula is C28H26BrN3O7S. The third-order valence-corrected chi connectivity index (χ3v) is 8.38. The summed E-state index contributed by atoms with van der Waals surface area (Å²) in [7, 11) is 6.13. The van der Waals surface area contributed by atoms with Crippen molar-refractivity contribution in [3.05, 3.63) is 76.9 Å². The Kier molecular flexibility index (Phi) is 7.32. The molecular weight excluding hydrogens is 602 g/mol. The Balaban J connectivity index is 1.86. The summed E-state index contributed by atoms with van der Waals surface area (Å²) < 4.78 is 24.4. The van der Waals surface area contributed by atoms with Crippen LogP contribution in [0.3, 0.4) is 0 Å². The Labute approximate surface area is 241 Å². The molecule has 1 atom stereocenters. The lowest BCUT2D eigenvalue weighted by molar-refractivity contribution is -0.139. The number of carbonyl (C=O) groups excluding carboxylic acids is 2. The number of amides is 1. The summed E-state index contributed by atoms with van der Waals surface area (Å²) in [6, 6.07) is 7.91. The molecule has 208 valence electrons. The molecule has 1 aromatic heterocycles. The number of fused-ring (bicyclic) bond motifs is 2. The molecule has 2 aromatic carbocycles. The fraction of sp³-hybridized carbons (Fsp3) is 0.286. The van der Waals surface area contributed by atoms with E-state index in [4.69, 9.17) is 18.9 Å². The summed E-state index contributed by atoms with van der Waals surface area (Å²) in [5, 5.41) is 0. The third-order valence-electron chi connectivity index (χ3n) is 6.83. The average molecular weight is 629 g/mol. The molecule has 5 rings (SSSR count). The minimum atomic E-state index is -0.936. The molecule has 0 aliphatic carbocycles. The molecule has 0 fully saturated rings. The van der Waals surface area contributed by atoms with Crippen LogP contribution >= 0.6 is 27.3 Å². The number of allylic oxidation sites excluding steroid dienone is 1. The van der Waals surface area contributed by atoms with E-state index < -0.39 is 17.6 Å². The number of halogens is 1. The van der Waals surface area contributed by atoms with Gasteiger partial charge in [-0.3, -0.25) is 14.2 Å². The molecule has 0 spiro atoms. The van der Waals surface area contributed by atoms with E-state index in [1.807, 2.05) is 18.2 Å². The van der Waals surface area contributed by atoms with Gasteiger partial charge in [-0.15, -0.1) is 0 Å². The SMILES string of the molecule is CCOC(=O)C1=C(C)N=c2s/c(=C3\C(=O)N(C)c4ccc(Br)cc43)c(=O)n2[C@@H]1c1cc(OC)c(OC)c(OC)c1. The van der Waals surface area contributed by atoms with Crippen molar-refractivity contribution in [1.29, 1.82) is 0 Å². The Morgan fingerprint density at radius 1 is 1.07 bits per heavy atom. The highest BCUT2D eigenvalue weighted by atomic mass is 79.9.